The molecule has 0 aromatic heterocycles. The number of hydrogen-bond acceptors (Lipinski definition) is 3. The Labute approximate surface area is 233 Å². The maximum absolute atomic E-state index is 7.21. The molecule has 0 saturated carbocycles. The van der Waals surface area contributed by atoms with Gasteiger partial charge in [0.1, 0.15) is 11.5 Å². The van der Waals surface area contributed by atoms with E-state index in [4.69, 9.17) is 27.2 Å². The summed E-state index contributed by atoms with van der Waals surface area (Å²) in [5, 5.41) is 14.8. The molecule has 4 heteroatoms. The largest absolute Gasteiger partial charge is 0.455 e. The van der Waals surface area contributed by atoms with Crippen molar-refractivity contribution < 1.29 is 9.84 Å². The normalized spacial score (nSPS) is 16.5. The van der Waals surface area contributed by atoms with Crippen LogP contribution in [-0.4, -0.2) is 12.2 Å². The van der Waals surface area contributed by atoms with Crippen LogP contribution in [0.4, 0.5) is 0 Å². The Hall–Kier alpha value is -3.89. The van der Waals surface area contributed by atoms with Gasteiger partial charge in [-0.3, -0.25) is 0 Å². The Kier molecular flexibility index (Phi) is 6.74. The molecule has 1 unspecified atom stereocenters. The predicted octanol–water partition coefficient (Wildman–Crippen LogP) is 8.54. The standard InChI is InChI=1S/C34H26ClNO.CH4O/c35-31-14-5-6-15-32(31)37-33-20-29-24-18-19-34(36,30-13-7-9-22-8-1-2-10-25(22)30)21-23(24)16-17-27(29)26-11-3-4-12-28(26)33;1-2/h1-17,20H,18-19,21,36H2;2H,1H3. The fraction of sp³-hybridized carbons (Fsp3) is 0.143. The summed E-state index contributed by atoms with van der Waals surface area (Å²) in [6.07, 6.45) is 2.61. The average Bonchev–Trinajstić information content (AvgIpc) is 2.99. The molecule has 1 aliphatic rings. The second-order valence-electron chi connectivity index (χ2n) is 10.1. The predicted molar refractivity (Wildman–Crippen MR) is 163 cm³/mol. The number of halogens is 1. The fourth-order valence-corrected chi connectivity index (χ4v) is 6.28. The first kappa shape index (κ1) is 25.4. The molecular formula is C35H30ClNO2. The van der Waals surface area contributed by atoms with Crippen molar-refractivity contribution in [2.45, 2.75) is 24.8 Å². The van der Waals surface area contributed by atoms with Gasteiger partial charge in [-0.25, -0.2) is 0 Å². The maximum Gasteiger partial charge on any atom is 0.146 e. The smallest absolute Gasteiger partial charge is 0.146 e. The number of benzene rings is 6. The molecule has 6 aromatic carbocycles. The summed E-state index contributed by atoms with van der Waals surface area (Å²) in [6.45, 7) is 0. The number of ether oxygens (including phenoxy) is 1. The molecule has 0 saturated heterocycles. The van der Waals surface area contributed by atoms with E-state index in [1.54, 1.807) is 0 Å². The van der Waals surface area contributed by atoms with Crippen LogP contribution in [0.5, 0.6) is 11.5 Å². The van der Waals surface area contributed by atoms with Gasteiger partial charge in [-0.1, -0.05) is 103 Å². The minimum absolute atomic E-state index is 0.407. The van der Waals surface area contributed by atoms with E-state index in [1.807, 2.05) is 24.3 Å². The van der Waals surface area contributed by atoms with E-state index in [9.17, 15) is 0 Å². The Balaban J connectivity index is 0.00000135. The SMILES string of the molecule is CO.NC1(c2cccc3ccccc23)CCc2c(ccc3c2cc(Oc2ccccc2Cl)c2ccccc23)C1. The van der Waals surface area contributed by atoms with Crippen LogP contribution >= 0.6 is 11.6 Å². The number of para-hydroxylation sites is 1. The summed E-state index contributed by atoms with van der Waals surface area (Å²) < 4.78 is 6.42. The van der Waals surface area contributed by atoms with Crippen molar-refractivity contribution in [2.24, 2.45) is 5.73 Å². The van der Waals surface area contributed by atoms with Gasteiger partial charge >= 0.3 is 0 Å². The molecule has 0 spiro atoms. The third-order valence-electron chi connectivity index (χ3n) is 7.92. The Morgan fingerprint density at radius 1 is 0.692 bits per heavy atom. The summed E-state index contributed by atoms with van der Waals surface area (Å²) in [4.78, 5) is 0. The number of aliphatic hydroxyl groups excluding tert-OH is 1. The lowest BCUT2D eigenvalue weighted by Crippen LogP contribution is -2.42. The van der Waals surface area contributed by atoms with Crippen LogP contribution in [-0.2, 0) is 18.4 Å². The van der Waals surface area contributed by atoms with Gasteiger partial charge in [-0.05, 0) is 81.1 Å². The van der Waals surface area contributed by atoms with Crippen LogP contribution in [0, 0.1) is 0 Å². The molecule has 0 radical (unpaired) electrons. The summed E-state index contributed by atoms with van der Waals surface area (Å²) >= 11 is 6.45. The molecule has 0 aliphatic heterocycles. The van der Waals surface area contributed by atoms with Crippen molar-refractivity contribution in [1.29, 1.82) is 0 Å². The Morgan fingerprint density at radius 3 is 2.18 bits per heavy atom. The molecule has 1 aliphatic carbocycles. The van der Waals surface area contributed by atoms with Crippen LogP contribution in [0.3, 0.4) is 0 Å². The zero-order chi connectivity index (χ0) is 27.0. The highest BCUT2D eigenvalue weighted by Crippen LogP contribution is 2.44. The monoisotopic (exact) mass is 531 g/mol. The van der Waals surface area contributed by atoms with Gasteiger partial charge in [0, 0.05) is 18.0 Å². The molecule has 1 atom stereocenters. The van der Waals surface area contributed by atoms with Crippen molar-refractivity contribution in [1.82, 2.24) is 0 Å². The molecule has 0 heterocycles. The van der Waals surface area contributed by atoms with E-state index < -0.39 is 5.54 Å². The fourth-order valence-electron chi connectivity index (χ4n) is 6.11. The lowest BCUT2D eigenvalue weighted by atomic mass is 9.72. The number of hydrogen-bond donors (Lipinski definition) is 2. The lowest BCUT2D eigenvalue weighted by molar-refractivity contribution is 0.389. The molecule has 3 N–H and O–H groups in total. The van der Waals surface area contributed by atoms with Crippen LogP contribution in [0.25, 0.3) is 32.3 Å². The number of rotatable bonds is 3. The topological polar surface area (TPSA) is 55.5 Å². The zero-order valence-corrected chi connectivity index (χ0v) is 22.6. The van der Waals surface area contributed by atoms with Crippen molar-refractivity contribution in [2.75, 3.05) is 7.11 Å². The quantitative estimate of drug-likeness (QED) is 0.225. The lowest BCUT2D eigenvalue weighted by Gasteiger charge is -2.37. The Bertz CT molecular complexity index is 1820. The maximum atomic E-state index is 7.21. The minimum atomic E-state index is -0.407. The molecule has 39 heavy (non-hydrogen) atoms. The van der Waals surface area contributed by atoms with Crippen LogP contribution < -0.4 is 10.5 Å². The highest BCUT2D eigenvalue weighted by atomic mass is 35.5. The van der Waals surface area contributed by atoms with Crippen molar-refractivity contribution in [3.8, 4) is 11.5 Å². The van der Waals surface area contributed by atoms with Crippen LogP contribution in [0.1, 0.15) is 23.1 Å². The number of fused-ring (bicyclic) bond motifs is 6. The molecule has 0 amide bonds. The molecule has 3 nitrogen and oxygen atoms in total. The first-order valence-electron chi connectivity index (χ1n) is 13.2. The zero-order valence-electron chi connectivity index (χ0n) is 21.8. The molecule has 7 rings (SSSR count). The number of nitrogens with two attached hydrogens (primary N) is 1. The number of aryl methyl sites for hydroxylation is 1. The van der Waals surface area contributed by atoms with E-state index in [-0.39, 0.29) is 0 Å². The summed E-state index contributed by atoms with van der Waals surface area (Å²) in [7, 11) is 1.00. The molecule has 6 aromatic rings. The van der Waals surface area contributed by atoms with Gasteiger partial charge < -0.3 is 15.6 Å². The van der Waals surface area contributed by atoms with Gasteiger partial charge in [0.05, 0.1) is 5.02 Å². The van der Waals surface area contributed by atoms with Crippen molar-refractivity contribution in [3.63, 3.8) is 0 Å². The first-order chi connectivity index (χ1) is 19.1. The van der Waals surface area contributed by atoms with Crippen LogP contribution in [0.2, 0.25) is 5.02 Å². The summed E-state index contributed by atoms with van der Waals surface area (Å²) in [5.41, 5.74) is 10.7. The van der Waals surface area contributed by atoms with Crippen molar-refractivity contribution >= 4 is 43.9 Å². The van der Waals surface area contributed by atoms with Crippen molar-refractivity contribution in [3.05, 3.63) is 131 Å². The minimum Gasteiger partial charge on any atom is -0.455 e. The molecule has 0 fully saturated rings. The van der Waals surface area contributed by atoms with Gasteiger partial charge in [0.2, 0.25) is 0 Å². The van der Waals surface area contributed by atoms with Gasteiger partial charge in [-0.2, -0.15) is 0 Å². The second kappa shape index (κ2) is 10.3. The number of aliphatic hydroxyl groups is 1. The van der Waals surface area contributed by atoms with E-state index >= 15 is 0 Å². The van der Waals surface area contributed by atoms with E-state index in [2.05, 4.69) is 84.9 Å². The van der Waals surface area contributed by atoms with E-state index in [1.165, 1.54) is 43.6 Å². The average molecular weight is 532 g/mol. The molecule has 194 valence electrons. The second-order valence-corrected chi connectivity index (χ2v) is 10.5. The van der Waals surface area contributed by atoms with Gasteiger partial charge in [0.15, 0.2) is 0 Å². The first-order valence-corrected chi connectivity index (χ1v) is 13.6. The third-order valence-corrected chi connectivity index (χ3v) is 8.23. The summed E-state index contributed by atoms with van der Waals surface area (Å²) in [6, 6.07) is 37.8. The van der Waals surface area contributed by atoms with E-state index in [0.717, 1.165) is 37.5 Å². The summed E-state index contributed by atoms with van der Waals surface area (Å²) in [5.74, 6) is 1.48. The van der Waals surface area contributed by atoms with Gasteiger partial charge in [-0.15, -0.1) is 0 Å². The third kappa shape index (κ3) is 4.43. The molecule has 0 bridgehead atoms. The highest BCUT2D eigenvalue weighted by molar-refractivity contribution is 6.32. The molecular weight excluding hydrogens is 502 g/mol. The Morgan fingerprint density at radius 2 is 1.36 bits per heavy atom. The van der Waals surface area contributed by atoms with E-state index in [0.29, 0.717) is 10.8 Å². The van der Waals surface area contributed by atoms with Gasteiger partial charge in [0.25, 0.3) is 0 Å². The van der Waals surface area contributed by atoms with Crippen LogP contribution in [0.15, 0.2) is 109 Å². The highest BCUT2D eigenvalue weighted by Gasteiger charge is 2.34.